The summed E-state index contributed by atoms with van der Waals surface area (Å²) in [5, 5.41) is 0.661. The van der Waals surface area contributed by atoms with Gasteiger partial charge in [-0.25, -0.2) is 0 Å². The summed E-state index contributed by atoms with van der Waals surface area (Å²) in [5.74, 6) is 0.304. The first-order valence-corrected chi connectivity index (χ1v) is 7.81. The number of likely N-dealkylation sites (tertiary alicyclic amines) is 1. The molecule has 4 aliphatic rings. The Hall–Kier alpha value is -1.61. The number of imide groups is 1. The quantitative estimate of drug-likeness (QED) is 0.622. The molecule has 2 amide bonds. The van der Waals surface area contributed by atoms with E-state index in [0.717, 1.165) is 18.4 Å². The molecule has 0 unspecified atom stereocenters. The highest BCUT2D eigenvalue weighted by atomic mass is 35.5. The molecule has 1 aromatic carbocycles. The predicted molar refractivity (Wildman–Crippen MR) is 79.3 cm³/mol. The first-order valence-electron chi connectivity index (χ1n) is 7.43. The summed E-state index contributed by atoms with van der Waals surface area (Å²) < 4.78 is 0. The molecule has 1 saturated carbocycles. The molecule has 1 aromatic rings. The van der Waals surface area contributed by atoms with Gasteiger partial charge in [-0.15, -0.1) is 0 Å². The van der Waals surface area contributed by atoms with Crippen molar-refractivity contribution in [1.82, 2.24) is 4.90 Å². The highest BCUT2D eigenvalue weighted by molar-refractivity contribution is 6.30. The van der Waals surface area contributed by atoms with Gasteiger partial charge in [-0.05, 0) is 42.4 Å². The zero-order chi connectivity index (χ0) is 14.6. The van der Waals surface area contributed by atoms with E-state index >= 15 is 0 Å². The van der Waals surface area contributed by atoms with Gasteiger partial charge in [0.25, 0.3) is 0 Å². The van der Waals surface area contributed by atoms with Gasteiger partial charge in [0.2, 0.25) is 11.8 Å². The lowest BCUT2D eigenvalue weighted by molar-refractivity contribution is -0.140. The Kier molecular flexibility index (Phi) is 2.93. The van der Waals surface area contributed by atoms with Crippen molar-refractivity contribution in [3.63, 3.8) is 0 Å². The van der Waals surface area contributed by atoms with E-state index in [1.807, 2.05) is 12.1 Å². The molecule has 2 fully saturated rings. The molecular formula is C17H16ClNO2. The minimum Gasteiger partial charge on any atom is -0.278 e. The molecule has 0 radical (unpaired) electrons. The molecule has 5 rings (SSSR count). The van der Waals surface area contributed by atoms with E-state index in [4.69, 9.17) is 11.6 Å². The Bertz CT molecular complexity index is 605. The monoisotopic (exact) mass is 301 g/mol. The van der Waals surface area contributed by atoms with Crippen LogP contribution in [0.2, 0.25) is 5.02 Å². The third kappa shape index (κ3) is 1.95. The fraction of sp³-hybridized carbons (Fsp3) is 0.412. The molecule has 4 atom stereocenters. The Labute approximate surface area is 128 Å². The average molecular weight is 302 g/mol. The van der Waals surface area contributed by atoms with Crippen molar-refractivity contribution in [3.8, 4) is 0 Å². The van der Waals surface area contributed by atoms with Crippen molar-refractivity contribution in [2.24, 2.45) is 23.7 Å². The number of nitrogens with zero attached hydrogens (tertiary/aromatic N) is 1. The van der Waals surface area contributed by atoms with Crippen LogP contribution in [0.5, 0.6) is 0 Å². The maximum Gasteiger partial charge on any atom is 0.234 e. The van der Waals surface area contributed by atoms with Crippen LogP contribution in [-0.4, -0.2) is 16.7 Å². The molecule has 2 bridgehead atoms. The van der Waals surface area contributed by atoms with E-state index < -0.39 is 0 Å². The van der Waals surface area contributed by atoms with Crippen molar-refractivity contribution in [3.05, 3.63) is 47.0 Å². The van der Waals surface area contributed by atoms with Crippen LogP contribution in [0.25, 0.3) is 0 Å². The standard InChI is InChI=1S/C17H16ClNO2/c18-13-7-1-10(2-8-13)9-19-16(20)14-11-3-4-12(6-5-11)15(14)17(19)21/h1-4,7-8,11-12,14-15H,5-6,9H2/t11-,12-,14-,15+/m0/s1. The van der Waals surface area contributed by atoms with Crippen molar-refractivity contribution in [2.75, 3.05) is 0 Å². The van der Waals surface area contributed by atoms with E-state index in [1.54, 1.807) is 12.1 Å². The first-order chi connectivity index (χ1) is 10.1. The first kappa shape index (κ1) is 13.1. The molecule has 108 valence electrons. The van der Waals surface area contributed by atoms with Crippen molar-refractivity contribution in [2.45, 2.75) is 19.4 Å². The van der Waals surface area contributed by atoms with Crippen molar-refractivity contribution < 1.29 is 9.59 Å². The van der Waals surface area contributed by atoms with E-state index in [9.17, 15) is 9.59 Å². The van der Waals surface area contributed by atoms with Gasteiger partial charge in [0.1, 0.15) is 0 Å². The number of fused-ring (bicyclic) bond motifs is 1. The average Bonchev–Trinajstić information content (AvgIpc) is 2.78. The molecule has 0 aromatic heterocycles. The summed E-state index contributed by atoms with van der Waals surface area (Å²) in [6.07, 6.45) is 6.37. The molecule has 1 aliphatic heterocycles. The maximum atomic E-state index is 12.7. The Morgan fingerprint density at radius 1 is 0.952 bits per heavy atom. The SMILES string of the molecule is O=C1[C@@H]2[C@H](C(=O)N1Cc1ccc(Cl)cc1)[C@H]1C=C[C@H]2CC1. The van der Waals surface area contributed by atoms with Crippen LogP contribution in [0, 0.1) is 23.7 Å². The Balaban J connectivity index is 1.61. The lowest BCUT2D eigenvalue weighted by Gasteiger charge is -2.38. The fourth-order valence-electron chi connectivity index (χ4n) is 4.06. The number of rotatable bonds is 2. The second kappa shape index (κ2) is 4.70. The highest BCUT2D eigenvalue weighted by Gasteiger charge is 2.56. The highest BCUT2D eigenvalue weighted by Crippen LogP contribution is 2.49. The second-order valence-electron chi connectivity index (χ2n) is 6.23. The number of halogens is 1. The zero-order valence-corrected chi connectivity index (χ0v) is 12.3. The van der Waals surface area contributed by atoms with Gasteiger partial charge in [0.05, 0.1) is 18.4 Å². The summed E-state index contributed by atoms with van der Waals surface area (Å²) in [7, 11) is 0. The summed E-state index contributed by atoms with van der Waals surface area (Å²) in [5.41, 5.74) is 0.944. The van der Waals surface area contributed by atoms with Crippen LogP contribution in [-0.2, 0) is 16.1 Å². The van der Waals surface area contributed by atoms with Gasteiger partial charge in [0.15, 0.2) is 0 Å². The molecule has 1 saturated heterocycles. The van der Waals surface area contributed by atoms with Crippen molar-refractivity contribution >= 4 is 23.4 Å². The molecule has 3 aliphatic carbocycles. The van der Waals surface area contributed by atoms with Gasteiger partial charge >= 0.3 is 0 Å². The van der Waals surface area contributed by atoms with Gasteiger partial charge in [-0.3, -0.25) is 14.5 Å². The van der Waals surface area contributed by atoms with Gasteiger partial charge < -0.3 is 0 Å². The van der Waals surface area contributed by atoms with Crippen molar-refractivity contribution in [1.29, 1.82) is 0 Å². The predicted octanol–water partition coefficient (Wildman–Crippen LogP) is 3.04. The number of benzene rings is 1. The Morgan fingerprint density at radius 2 is 1.48 bits per heavy atom. The summed E-state index contributed by atoms with van der Waals surface area (Å²) >= 11 is 5.88. The number of carbonyl (C=O) groups is 2. The summed E-state index contributed by atoms with van der Waals surface area (Å²) in [4.78, 5) is 26.8. The number of hydrogen-bond acceptors (Lipinski definition) is 2. The van der Waals surface area contributed by atoms with Crippen LogP contribution in [0.15, 0.2) is 36.4 Å². The molecule has 0 spiro atoms. The van der Waals surface area contributed by atoms with Gasteiger partial charge in [-0.1, -0.05) is 35.9 Å². The fourth-order valence-corrected chi connectivity index (χ4v) is 4.19. The molecule has 3 nitrogen and oxygen atoms in total. The lowest BCUT2D eigenvalue weighted by atomic mass is 9.63. The molecule has 1 heterocycles. The number of hydrogen-bond donors (Lipinski definition) is 0. The van der Waals surface area contributed by atoms with Gasteiger partial charge in [0, 0.05) is 5.02 Å². The van der Waals surface area contributed by atoms with Crippen LogP contribution >= 0.6 is 11.6 Å². The van der Waals surface area contributed by atoms with E-state index in [-0.39, 0.29) is 35.5 Å². The third-order valence-electron chi connectivity index (χ3n) is 5.10. The third-order valence-corrected chi connectivity index (χ3v) is 5.36. The maximum absolute atomic E-state index is 12.7. The normalized spacial score (nSPS) is 33.7. The largest absolute Gasteiger partial charge is 0.278 e. The van der Waals surface area contributed by atoms with Crippen LogP contribution in [0.3, 0.4) is 0 Å². The molecular weight excluding hydrogens is 286 g/mol. The van der Waals surface area contributed by atoms with Crippen LogP contribution in [0.4, 0.5) is 0 Å². The molecule has 21 heavy (non-hydrogen) atoms. The Morgan fingerprint density at radius 3 is 1.95 bits per heavy atom. The number of amides is 2. The topological polar surface area (TPSA) is 37.4 Å². The molecule has 4 heteroatoms. The summed E-state index contributed by atoms with van der Waals surface area (Å²) in [6.45, 7) is 0.362. The smallest absolute Gasteiger partial charge is 0.234 e. The van der Waals surface area contributed by atoms with Gasteiger partial charge in [-0.2, -0.15) is 0 Å². The summed E-state index contributed by atoms with van der Waals surface area (Å²) in [6, 6.07) is 7.33. The second-order valence-corrected chi connectivity index (χ2v) is 6.67. The minimum absolute atomic E-state index is 0.0130. The molecule has 0 N–H and O–H groups in total. The van der Waals surface area contributed by atoms with E-state index in [1.165, 1.54) is 4.90 Å². The van der Waals surface area contributed by atoms with Crippen LogP contribution < -0.4 is 0 Å². The van der Waals surface area contributed by atoms with E-state index in [2.05, 4.69) is 12.2 Å². The number of carbonyl (C=O) groups excluding carboxylic acids is 2. The minimum atomic E-state index is -0.117. The number of allylic oxidation sites excluding steroid dienone is 2. The zero-order valence-electron chi connectivity index (χ0n) is 11.5. The van der Waals surface area contributed by atoms with E-state index in [0.29, 0.717) is 11.6 Å². The lowest BCUT2D eigenvalue weighted by Crippen LogP contribution is -2.38. The van der Waals surface area contributed by atoms with Crippen LogP contribution in [0.1, 0.15) is 18.4 Å².